The van der Waals surface area contributed by atoms with Gasteiger partial charge in [-0.2, -0.15) is 0 Å². The van der Waals surface area contributed by atoms with E-state index >= 15 is 0 Å². The monoisotopic (exact) mass is 299 g/mol. The van der Waals surface area contributed by atoms with Crippen LogP contribution < -0.4 is 5.32 Å². The van der Waals surface area contributed by atoms with E-state index in [0.717, 1.165) is 5.56 Å². The Kier molecular flexibility index (Phi) is 4.69. The molecule has 0 aliphatic carbocycles. The Bertz CT molecular complexity index is 445. The molecule has 1 rings (SSSR count). The number of nitrogens with one attached hydrogen (secondary N) is 1. The van der Waals surface area contributed by atoms with Crippen molar-refractivity contribution in [3.05, 3.63) is 33.8 Å². The summed E-state index contributed by atoms with van der Waals surface area (Å²) in [5.41, 5.74) is 1.48. The highest BCUT2D eigenvalue weighted by Gasteiger charge is 2.18. The summed E-state index contributed by atoms with van der Waals surface area (Å²) >= 11 is 3.30. The zero-order valence-electron chi connectivity index (χ0n) is 9.91. The number of carbonyl (C=O) groups excluding carboxylic acids is 2. The highest BCUT2D eigenvalue weighted by Crippen LogP contribution is 2.18. The maximum Gasteiger partial charge on any atom is 0.328 e. The first-order valence-corrected chi connectivity index (χ1v) is 5.90. The van der Waals surface area contributed by atoms with Gasteiger partial charge >= 0.3 is 5.97 Å². The molecule has 0 saturated carbocycles. The Morgan fingerprint density at radius 3 is 2.65 bits per heavy atom. The lowest BCUT2D eigenvalue weighted by molar-refractivity contribution is -0.142. The maximum atomic E-state index is 11.9. The number of methoxy groups -OCH3 is 1. The number of benzene rings is 1. The van der Waals surface area contributed by atoms with Crippen LogP contribution >= 0.6 is 15.9 Å². The average molecular weight is 300 g/mol. The predicted octanol–water partition coefficient (Wildman–Crippen LogP) is 2.05. The third-order valence-corrected chi connectivity index (χ3v) is 2.96. The molecular formula is C12H14BrNO3. The van der Waals surface area contributed by atoms with Crippen LogP contribution in [-0.4, -0.2) is 25.0 Å². The van der Waals surface area contributed by atoms with E-state index in [9.17, 15) is 9.59 Å². The van der Waals surface area contributed by atoms with Crippen LogP contribution in [0.15, 0.2) is 22.7 Å². The quantitative estimate of drug-likeness (QED) is 0.869. The van der Waals surface area contributed by atoms with Crippen molar-refractivity contribution in [2.45, 2.75) is 19.9 Å². The van der Waals surface area contributed by atoms with Gasteiger partial charge in [-0.25, -0.2) is 4.79 Å². The Labute approximate surface area is 108 Å². The Morgan fingerprint density at radius 2 is 2.06 bits per heavy atom. The molecule has 1 N–H and O–H groups in total. The number of hydrogen-bond acceptors (Lipinski definition) is 3. The molecule has 0 aliphatic rings. The summed E-state index contributed by atoms with van der Waals surface area (Å²) in [6.07, 6.45) is 0. The second kappa shape index (κ2) is 5.82. The van der Waals surface area contributed by atoms with Gasteiger partial charge in [0.05, 0.1) is 12.7 Å². The van der Waals surface area contributed by atoms with Crippen molar-refractivity contribution in [1.29, 1.82) is 0 Å². The van der Waals surface area contributed by atoms with Crippen LogP contribution in [-0.2, 0) is 9.53 Å². The van der Waals surface area contributed by atoms with Crippen LogP contribution in [0.5, 0.6) is 0 Å². The second-order valence-corrected chi connectivity index (χ2v) is 4.56. The number of carbonyl (C=O) groups is 2. The number of amides is 1. The molecule has 5 heteroatoms. The summed E-state index contributed by atoms with van der Waals surface area (Å²) in [6, 6.07) is 4.78. The molecule has 0 aliphatic heterocycles. The fourth-order valence-electron chi connectivity index (χ4n) is 1.32. The SMILES string of the molecule is COC(=O)[C@H](C)NC(=O)c1cc(C)ccc1Br. The van der Waals surface area contributed by atoms with E-state index in [2.05, 4.69) is 26.0 Å². The first-order chi connectivity index (χ1) is 7.95. The summed E-state index contributed by atoms with van der Waals surface area (Å²) in [5, 5.41) is 2.57. The summed E-state index contributed by atoms with van der Waals surface area (Å²) < 4.78 is 5.23. The van der Waals surface area contributed by atoms with Crippen molar-refractivity contribution >= 4 is 27.8 Å². The summed E-state index contributed by atoms with van der Waals surface area (Å²) in [6.45, 7) is 3.47. The van der Waals surface area contributed by atoms with Crippen molar-refractivity contribution in [2.75, 3.05) is 7.11 Å². The normalized spacial score (nSPS) is 11.8. The minimum absolute atomic E-state index is 0.307. The molecule has 0 saturated heterocycles. The molecule has 92 valence electrons. The molecule has 0 spiro atoms. The van der Waals surface area contributed by atoms with Crippen LogP contribution in [0.2, 0.25) is 0 Å². The first-order valence-electron chi connectivity index (χ1n) is 5.10. The third-order valence-electron chi connectivity index (χ3n) is 2.27. The van der Waals surface area contributed by atoms with E-state index in [1.807, 2.05) is 13.0 Å². The minimum Gasteiger partial charge on any atom is -0.467 e. The van der Waals surface area contributed by atoms with Gasteiger partial charge in [-0.1, -0.05) is 11.6 Å². The number of rotatable bonds is 3. The standard InChI is InChI=1S/C12H14BrNO3/c1-7-4-5-10(13)9(6-7)11(15)14-8(2)12(16)17-3/h4-6,8H,1-3H3,(H,14,15)/t8-/m0/s1. The lowest BCUT2D eigenvalue weighted by atomic mass is 10.1. The van der Waals surface area contributed by atoms with Crippen molar-refractivity contribution in [2.24, 2.45) is 0 Å². The zero-order valence-corrected chi connectivity index (χ0v) is 11.5. The van der Waals surface area contributed by atoms with Gasteiger partial charge in [0, 0.05) is 4.47 Å². The third kappa shape index (κ3) is 3.56. The molecular weight excluding hydrogens is 286 g/mol. The van der Waals surface area contributed by atoms with Crippen LogP contribution in [0.4, 0.5) is 0 Å². The molecule has 17 heavy (non-hydrogen) atoms. The van der Waals surface area contributed by atoms with Crippen molar-refractivity contribution in [3.63, 3.8) is 0 Å². The summed E-state index contributed by atoms with van der Waals surface area (Å²) in [4.78, 5) is 23.1. The van der Waals surface area contributed by atoms with E-state index in [-0.39, 0.29) is 5.91 Å². The number of esters is 1. The van der Waals surface area contributed by atoms with E-state index in [4.69, 9.17) is 0 Å². The van der Waals surface area contributed by atoms with Crippen molar-refractivity contribution in [1.82, 2.24) is 5.32 Å². The molecule has 1 aromatic rings. The second-order valence-electron chi connectivity index (χ2n) is 3.70. The largest absolute Gasteiger partial charge is 0.467 e. The lowest BCUT2D eigenvalue weighted by Crippen LogP contribution is -2.39. The van der Waals surface area contributed by atoms with Crippen molar-refractivity contribution in [3.8, 4) is 0 Å². The Hall–Kier alpha value is -1.36. The van der Waals surface area contributed by atoms with Crippen molar-refractivity contribution < 1.29 is 14.3 Å². The molecule has 4 nitrogen and oxygen atoms in total. The summed E-state index contributed by atoms with van der Waals surface area (Å²) in [7, 11) is 1.29. The maximum absolute atomic E-state index is 11.9. The Balaban J connectivity index is 2.83. The van der Waals surface area contributed by atoms with Gasteiger partial charge in [-0.3, -0.25) is 4.79 Å². The Morgan fingerprint density at radius 1 is 1.41 bits per heavy atom. The molecule has 0 aromatic heterocycles. The van der Waals surface area contributed by atoms with Crippen LogP contribution in [0.3, 0.4) is 0 Å². The number of ether oxygens (including phenoxy) is 1. The predicted molar refractivity (Wildman–Crippen MR) is 67.8 cm³/mol. The molecule has 0 radical (unpaired) electrons. The first kappa shape index (κ1) is 13.7. The van der Waals surface area contributed by atoms with E-state index < -0.39 is 12.0 Å². The highest BCUT2D eigenvalue weighted by atomic mass is 79.9. The van der Waals surface area contributed by atoms with Gasteiger partial charge in [0.25, 0.3) is 5.91 Å². The minimum atomic E-state index is -0.667. The fraction of sp³-hybridized carbons (Fsp3) is 0.333. The lowest BCUT2D eigenvalue weighted by Gasteiger charge is -2.12. The molecule has 0 bridgehead atoms. The highest BCUT2D eigenvalue weighted by molar-refractivity contribution is 9.10. The van der Waals surface area contributed by atoms with Gasteiger partial charge in [-0.05, 0) is 41.9 Å². The topological polar surface area (TPSA) is 55.4 Å². The van der Waals surface area contributed by atoms with Crippen LogP contribution in [0.1, 0.15) is 22.8 Å². The zero-order chi connectivity index (χ0) is 13.0. The molecule has 1 aromatic carbocycles. The van der Waals surface area contributed by atoms with Crippen LogP contribution in [0.25, 0.3) is 0 Å². The van der Waals surface area contributed by atoms with Gasteiger partial charge in [-0.15, -0.1) is 0 Å². The molecule has 0 heterocycles. The number of hydrogen-bond donors (Lipinski definition) is 1. The van der Waals surface area contributed by atoms with Gasteiger partial charge < -0.3 is 10.1 Å². The van der Waals surface area contributed by atoms with Gasteiger partial charge in [0.1, 0.15) is 6.04 Å². The van der Waals surface area contributed by atoms with Gasteiger partial charge in [0.2, 0.25) is 0 Å². The summed E-state index contributed by atoms with van der Waals surface area (Å²) in [5.74, 6) is -0.777. The molecule has 0 fully saturated rings. The molecule has 1 atom stereocenters. The number of aryl methyl sites for hydroxylation is 1. The van der Waals surface area contributed by atoms with Gasteiger partial charge in [0.15, 0.2) is 0 Å². The smallest absolute Gasteiger partial charge is 0.328 e. The fourth-order valence-corrected chi connectivity index (χ4v) is 1.75. The number of halogens is 1. The van der Waals surface area contributed by atoms with E-state index in [0.29, 0.717) is 10.0 Å². The van der Waals surface area contributed by atoms with Crippen LogP contribution in [0, 0.1) is 6.92 Å². The molecule has 1 amide bonds. The average Bonchev–Trinajstić information content (AvgIpc) is 2.30. The van der Waals surface area contributed by atoms with E-state index in [1.165, 1.54) is 7.11 Å². The molecule has 0 unspecified atom stereocenters. The van der Waals surface area contributed by atoms with E-state index in [1.54, 1.807) is 19.1 Å².